The van der Waals surface area contributed by atoms with E-state index in [1.807, 2.05) is 0 Å². The molecule has 0 aliphatic heterocycles. The molecule has 0 aliphatic carbocycles. The van der Waals surface area contributed by atoms with Gasteiger partial charge in [-0.3, -0.25) is 9.10 Å². The minimum absolute atomic E-state index is 0.180. The standard InChI is InChI=1S/C25H23ClF4N2O3S/c1-17-4-11-21(12-5-17)36(34,35)32(20-10-13-23(26)22(15-20)25(28,29)30)16-24(33)31-14-2-3-18-6-8-19(27)9-7-18/h4-13,15H,2-3,14,16H2,1H3,(H,31,33). The average Bonchev–Trinajstić information content (AvgIpc) is 2.81. The molecular formula is C25H23ClF4N2O3S. The van der Waals surface area contributed by atoms with E-state index in [2.05, 4.69) is 5.32 Å². The van der Waals surface area contributed by atoms with Gasteiger partial charge in [-0.25, -0.2) is 12.8 Å². The van der Waals surface area contributed by atoms with Crippen LogP contribution >= 0.6 is 11.6 Å². The van der Waals surface area contributed by atoms with E-state index in [-0.39, 0.29) is 22.9 Å². The van der Waals surface area contributed by atoms with Crippen molar-refractivity contribution in [3.63, 3.8) is 0 Å². The first-order valence-electron chi connectivity index (χ1n) is 10.9. The highest BCUT2D eigenvalue weighted by Crippen LogP contribution is 2.38. The quantitative estimate of drug-likeness (QED) is 0.276. The zero-order valence-electron chi connectivity index (χ0n) is 19.1. The molecule has 0 saturated carbocycles. The predicted octanol–water partition coefficient (Wildman–Crippen LogP) is 5.75. The summed E-state index contributed by atoms with van der Waals surface area (Å²) in [5, 5.41) is 1.99. The van der Waals surface area contributed by atoms with Gasteiger partial charge in [-0.05, 0) is 67.8 Å². The maximum absolute atomic E-state index is 13.4. The number of aryl methyl sites for hydroxylation is 2. The van der Waals surface area contributed by atoms with Gasteiger partial charge in [0, 0.05) is 6.54 Å². The molecule has 3 aromatic carbocycles. The Labute approximate surface area is 211 Å². The Balaban J connectivity index is 1.82. The monoisotopic (exact) mass is 542 g/mol. The summed E-state index contributed by atoms with van der Waals surface area (Å²) in [5.74, 6) is -1.06. The predicted molar refractivity (Wildman–Crippen MR) is 130 cm³/mol. The molecule has 0 bridgehead atoms. The molecule has 0 spiro atoms. The van der Waals surface area contributed by atoms with Crippen LogP contribution < -0.4 is 9.62 Å². The smallest absolute Gasteiger partial charge is 0.355 e. The van der Waals surface area contributed by atoms with Gasteiger partial charge in [0.05, 0.1) is 21.2 Å². The van der Waals surface area contributed by atoms with Crippen molar-refractivity contribution in [1.29, 1.82) is 0 Å². The fraction of sp³-hybridized carbons (Fsp3) is 0.240. The molecule has 192 valence electrons. The largest absolute Gasteiger partial charge is 0.417 e. The molecule has 0 atom stereocenters. The number of carbonyl (C=O) groups is 1. The Kier molecular flexibility index (Phi) is 8.63. The zero-order chi connectivity index (χ0) is 26.5. The fourth-order valence-corrected chi connectivity index (χ4v) is 5.03. The molecule has 0 saturated heterocycles. The van der Waals surface area contributed by atoms with Gasteiger partial charge in [0.15, 0.2) is 0 Å². The Hall–Kier alpha value is -3.11. The summed E-state index contributed by atoms with van der Waals surface area (Å²) in [6.45, 7) is 1.19. The van der Waals surface area contributed by atoms with Gasteiger partial charge in [-0.15, -0.1) is 0 Å². The molecule has 0 aliphatic rings. The number of carbonyl (C=O) groups excluding carboxylic acids is 1. The molecule has 3 rings (SSSR count). The van der Waals surface area contributed by atoms with Crippen molar-refractivity contribution in [1.82, 2.24) is 5.32 Å². The zero-order valence-corrected chi connectivity index (χ0v) is 20.7. The van der Waals surface area contributed by atoms with Gasteiger partial charge in [-0.2, -0.15) is 13.2 Å². The third-order valence-corrected chi connectivity index (χ3v) is 7.43. The van der Waals surface area contributed by atoms with Crippen molar-refractivity contribution < 1.29 is 30.8 Å². The molecule has 1 N–H and O–H groups in total. The van der Waals surface area contributed by atoms with Crippen molar-refractivity contribution in [2.75, 3.05) is 17.4 Å². The van der Waals surface area contributed by atoms with E-state index in [0.29, 0.717) is 23.2 Å². The summed E-state index contributed by atoms with van der Waals surface area (Å²) in [7, 11) is -4.39. The molecule has 0 fully saturated rings. The first-order valence-corrected chi connectivity index (χ1v) is 12.7. The topological polar surface area (TPSA) is 66.5 Å². The van der Waals surface area contributed by atoms with Crippen LogP contribution in [0.15, 0.2) is 71.6 Å². The first-order chi connectivity index (χ1) is 16.9. The molecule has 3 aromatic rings. The number of hydrogen-bond acceptors (Lipinski definition) is 3. The van der Waals surface area contributed by atoms with Crippen molar-refractivity contribution in [2.24, 2.45) is 0 Å². The molecule has 11 heteroatoms. The molecule has 5 nitrogen and oxygen atoms in total. The Morgan fingerprint density at radius 2 is 1.64 bits per heavy atom. The molecule has 0 radical (unpaired) electrons. The van der Waals surface area contributed by atoms with Crippen molar-refractivity contribution in [2.45, 2.75) is 30.8 Å². The van der Waals surface area contributed by atoms with E-state index in [4.69, 9.17) is 11.6 Å². The highest BCUT2D eigenvalue weighted by atomic mass is 35.5. The Morgan fingerprint density at radius 3 is 2.25 bits per heavy atom. The van der Waals surface area contributed by atoms with E-state index in [1.54, 1.807) is 31.2 Å². The van der Waals surface area contributed by atoms with Crippen LogP contribution in [0.5, 0.6) is 0 Å². The fourth-order valence-electron chi connectivity index (χ4n) is 3.40. The second-order valence-electron chi connectivity index (χ2n) is 8.07. The maximum Gasteiger partial charge on any atom is 0.417 e. The third-order valence-electron chi connectivity index (χ3n) is 5.32. The van der Waals surface area contributed by atoms with Crippen LogP contribution in [0, 0.1) is 12.7 Å². The number of amides is 1. The highest BCUT2D eigenvalue weighted by Gasteiger charge is 2.35. The van der Waals surface area contributed by atoms with Crippen molar-refractivity contribution >= 4 is 33.2 Å². The SMILES string of the molecule is Cc1ccc(S(=O)(=O)N(CC(=O)NCCCc2ccc(F)cc2)c2ccc(Cl)c(C(F)(F)F)c2)cc1. The van der Waals surface area contributed by atoms with Crippen LogP contribution in [-0.4, -0.2) is 27.4 Å². The number of hydrogen-bond donors (Lipinski definition) is 1. The summed E-state index contributed by atoms with van der Waals surface area (Å²) < 4.78 is 80.7. The number of anilines is 1. The van der Waals surface area contributed by atoms with Crippen molar-refractivity contribution in [3.8, 4) is 0 Å². The molecule has 0 aromatic heterocycles. The minimum Gasteiger partial charge on any atom is -0.355 e. The van der Waals surface area contributed by atoms with E-state index in [1.165, 1.54) is 24.3 Å². The minimum atomic E-state index is -4.82. The number of sulfonamides is 1. The van der Waals surface area contributed by atoms with E-state index >= 15 is 0 Å². The lowest BCUT2D eigenvalue weighted by Gasteiger charge is -2.25. The summed E-state index contributed by atoms with van der Waals surface area (Å²) in [6.07, 6.45) is -3.80. The van der Waals surface area contributed by atoms with Gasteiger partial charge in [0.2, 0.25) is 5.91 Å². The molecular weight excluding hydrogens is 520 g/mol. The molecule has 1 amide bonds. The third kappa shape index (κ3) is 6.98. The summed E-state index contributed by atoms with van der Waals surface area (Å²) in [5.41, 5.74) is 0.0690. The van der Waals surface area contributed by atoms with Crippen LogP contribution in [0.3, 0.4) is 0 Å². The lowest BCUT2D eigenvalue weighted by atomic mass is 10.1. The average molecular weight is 543 g/mol. The molecule has 36 heavy (non-hydrogen) atoms. The summed E-state index contributed by atoms with van der Waals surface area (Å²) in [6, 6.07) is 14.3. The number of benzene rings is 3. The second-order valence-corrected chi connectivity index (χ2v) is 10.3. The van der Waals surface area contributed by atoms with E-state index < -0.39 is 39.2 Å². The maximum atomic E-state index is 13.4. The Bertz CT molecular complexity index is 1310. The number of alkyl halides is 3. The summed E-state index contributed by atoms with van der Waals surface area (Å²) >= 11 is 5.70. The van der Waals surface area contributed by atoms with Gasteiger partial charge < -0.3 is 5.32 Å². The lowest BCUT2D eigenvalue weighted by Crippen LogP contribution is -2.41. The highest BCUT2D eigenvalue weighted by molar-refractivity contribution is 7.92. The van der Waals surface area contributed by atoms with E-state index in [9.17, 15) is 30.8 Å². The summed E-state index contributed by atoms with van der Waals surface area (Å²) in [4.78, 5) is 12.5. The van der Waals surface area contributed by atoms with E-state index in [0.717, 1.165) is 23.3 Å². The molecule has 0 heterocycles. The normalized spacial score (nSPS) is 11.8. The van der Waals surface area contributed by atoms with Gasteiger partial charge in [-0.1, -0.05) is 41.4 Å². The van der Waals surface area contributed by atoms with Crippen LogP contribution in [0.1, 0.15) is 23.1 Å². The second kappa shape index (κ2) is 11.3. The van der Waals surface area contributed by atoms with Crippen LogP contribution in [0.25, 0.3) is 0 Å². The van der Waals surface area contributed by atoms with Crippen molar-refractivity contribution in [3.05, 3.63) is 94.3 Å². The van der Waals surface area contributed by atoms with Gasteiger partial charge in [0.25, 0.3) is 10.0 Å². The lowest BCUT2D eigenvalue weighted by molar-refractivity contribution is -0.137. The van der Waals surface area contributed by atoms with Crippen LogP contribution in [0.2, 0.25) is 5.02 Å². The van der Waals surface area contributed by atoms with Gasteiger partial charge >= 0.3 is 6.18 Å². The number of halogens is 5. The number of nitrogens with zero attached hydrogens (tertiary/aromatic N) is 1. The molecule has 0 unspecified atom stereocenters. The Morgan fingerprint density at radius 1 is 1.00 bits per heavy atom. The van der Waals surface area contributed by atoms with Crippen LogP contribution in [-0.2, 0) is 27.4 Å². The number of rotatable bonds is 9. The number of nitrogens with one attached hydrogen (secondary N) is 1. The van der Waals surface area contributed by atoms with Crippen LogP contribution in [0.4, 0.5) is 23.2 Å². The van der Waals surface area contributed by atoms with Gasteiger partial charge in [0.1, 0.15) is 12.4 Å². The first kappa shape index (κ1) is 27.5.